The molecule has 1 aliphatic heterocycles. The van der Waals surface area contributed by atoms with Gasteiger partial charge in [-0.25, -0.2) is 4.98 Å². The molecule has 7 rings (SSSR count). The van der Waals surface area contributed by atoms with Crippen LogP contribution in [0.25, 0.3) is 17.0 Å². The third-order valence-corrected chi connectivity index (χ3v) is 8.27. The van der Waals surface area contributed by atoms with E-state index in [-0.39, 0.29) is 5.91 Å². The van der Waals surface area contributed by atoms with Gasteiger partial charge in [-0.05, 0) is 54.2 Å². The topological polar surface area (TPSA) is 39.8 Å². The molecule has 0 N–H and O–H groups in total. The van der Waals surface area contributed by atoms with Crippen LogP contribution >= 0.6 is 0 Å². The highest BCUT2D eigenvalue weighted by atomic mass is 16.2. The summed E-state index contributed by atoms with van der Waals surface area (Å²) in [5, 5.41) is 1.14. The zero-order chi connectivity index (χ0) is 27.1. The fourth-order valence-electron chi connectivity index (χ4n) is 6.44. The Labute approximate surface area is 233 Å². The predicted molar refractivity (Wildman–Crippen MR) is 160 cm³/mol. The summed E-state index contributed by atoms with van der Waals surface area (Å²) in [7, 11) is 0. The second kappa shape index (κ2) is 9.65. The van der Waals surface area contributed by atoms with Crippen LogP contribution in [0.15, 0.2) is 133 Å². The number of imidazole rings is 1. The lowest BCUT2D eigenvalue weighted by molar-refractivity contribution is 0.0946. The number of aryl methyl sites for hydroxylation is 1. The van der Waals surface area contributed by atoms with Crippen LogP contribution in [0, 0.1) is 6.92 Å². The smallest absolute Gasteiger partial charge is 0.258 e. The van der Waals surface area contributed by atoms with E-state index in [1.54, 1.807) is 0 Å². The van der Waals surface area contributed by atoms with Crippen molar-refractivity contribution in [2.24, 2.45) is 0 Å². The highest BCUT2D eigenvalue weighted by Gasteiger charge is 2.39. The van der Waals surface area contributed by atoms with Crippen molar-refractivity contribution in [1.29, 1.82) is 0 Å². The molecule has 3 heterocycles. The molecule has 0 aliphatic carbocycles. The number of nitrogens with zero attached hydrogens (tertiary/aromatic N) is 3. The first-order chi connectivity index (χ1) is 19.7. The number of carbonyl (C=O) groups is 1. The molecule has 0 saturated carbocycles. The number of benzene rings is 4. The van der Waals surface area contributed by atoms with E-state index in [4.69, 9.17) is 4.98 Å². The number of hydrogen-bond donors (Lipinski definition) is 0. The van der Waals surface area contributed by atoms with Gasteiger partial charge in [0.25, 0.3) is 5.91 Å². The van der Waals surface area contributed by atoms with E-state index in [0.29, 0.717) is 6.42 Å². The second-order valence-corrected chi connectivity index (χ2v) is 10.4. The molecule has 0 amide bonds. The molecule has 2 aromatic heterocycles. The van der Waals surface area contributed by atoms with E-state index in [0.717, 1.165) is 51.1 Å². The van der Waals surface area contributed by atoms with Gasteiger partial charge in [-0.2, -0.15) is 0 Å². The Balaban J connectivity index is 1.45. The minimum Gasteiger partial charge on any atom is -0.313 e. The molecule has 1 aliphatic rings. The maximum atomic E-state index is 14.0. The zero-order valence-corrected chi connectivity index (χ0v) is 22.4. The van der Waals surface area contributed by atoms with Gasteiger partial charge in [0.15, 0.2) is 0 Å². The summed E-state index contributed by atoms with van der Waals surface area (Å²) in [5.74, 6) is 0.779. The number of para-hydroxylation sites is 1. The molecule has 0 fully saturated rings. The van der Waals surface area contributed by atoms with Crippen molar-refractivity contribution < 1.29 is 4.79 Å². The van der Waals surface area contributed by atoms with Crippen molar-refractivity contribution >= 4 is 22.9 Å². The van der Waals surface area contributed by atoms with E-state index >= 15 is 0 Å². The van der Waals surface area contributed by atoms with Gasteiger partial charge in [0.2, 0.25) is 0 Å². The summed E-state index contributed by atoms with van der Waals surface area (Å²) in [5.41, 5.74) is 6.72. The molecule has 194 valence electrons. The Kier molecular flexibility index (Phi) is 5.82. The van der Waals surface area contributed by atoms with Crippen molar-refractivity contribution in [1.82, 2.24) is 14.1 Å². The normalized spacial score (nSPS) is 14.5. The monoisotopic (exact) mass is 519 g/mol. The van der Waals surface area contributed by atoms with Crippen LogP contribution in [0.5, 0.6) is 0 Å². The van der Waals surface area contributed by atoms with Crippen LogP contribution in [0.2, 0.25) is 0 Å². The van der Waals surface area contributed by atoms with Crippen LogP contribution < -0.4 is 0 Å². The summed E-state index contributed by atoms with van der Waals surface area (Å²) in [4.78, 5) is 18.8. The number of rotatable bonds is 5. The first-order valence-electron chi connectivity index (χ1n) is 13.7. The lowest BCUT2D eigenvalue weighted by Gasteiger charge is -2.38. The summed E-state index contributed by atoms with van der Waals surface area (Å²) in [6.45, 7) is 2.12. The summed E-state index contributed by atoms with van der Waals surface area (Å²) >= 11 is 0. The fourth-order valence-corrected chi connectivity index (χ4v) is 6.44. The number of allylic oxidation sites excluding steroid dienone is 1. The molecule has 0 saturated heterocycles. The van der Waals surface area contributed by atoms with Crippen LogP contribution in [0.1, 0.15) is 45.0 Å². The number of hydrogen-bond acceptors (Lipinski definition) is 2. The van der Waals surface area contributed by atoms with E-state index in [9.17, 15) is 4.79 Å². The quantitative estimate of drug-likeness (QED) is 0.173. The highest BCUT2D eigenvalue weighted by Crippen LogP contribution is 2.42. The van der Waals surface area contributed by atoms with Crippen molar-refractivity contribution in [2.45, 2.75) is 25.3 Å². The lowest BCUT2D eigenvalue weighted by atomic mass is 9.76. The number of carbonyl (C=O) groups excluding carboxylic acids is 1. The molecule has 0 unspecified atom stereocenters. The third-order valence-electron chi connectivity index (χ3n) is 8.27. The average Bonchev–Trinajstić information content (AvgIpc) is 3.59. The molecule has 6 aromatic rings. The van der Waals surface area contributed by atoms with Crippen LogP contribution in [0.3, 0.4) is 0 Å². The molecule has 4 nitrogen and oxygen atoms in total. The third kappa shape index (κ3) is 3.60. The van der Waals surface area contributed by atoms with Crippen LogP contribution in [-0.2, 0) is 12.0 Å². The van der Waals surface area contributed by atoms with Gasteiger partial charge in [-0.3, -0.25) is 9.36 Å². The average molecular weight is 520 g/mol. The lowest BCUT2D eigenvalue weighted by Crippen LogP contribution is -2.38. The highest BCUT2D eigenvalue weighted by molar-refractivity contribution is 6.07. The predicted octanol–water partition coefficient (Wildman–Crippen LogP) is 7.66. The maximum Gasteiger partial charge on any atom is 0.258 e. The summed E-state index contributed by atoms with van der Waals surface area (Å²) in [6.07, 6.45) is 7.37. The van der Waals surface area contributed by atoms with Gasteiger partial charge in [0.1, 0.15) is 11.4 Å². The van der Waals surface area contributed by atoms with Crippen molar-refractivity contribution in [3.8, 4) is 0 Å². The Morgan fingerprint density at radius 2 is 1.27 bits per heavy atom. The standard InChI is InChI=1S/C36H29N3O/c1-26-31-19-11-12-20-33(31)39-32(26)22-21-27(35(39)40)25-34-37-23-24-38(34)36(28-13-5-2-6-14-28,29-15-7-3-8-16-29)30-17-9-4-10-18-30/h2-20,23-25H,21-22H2,1H3. The van der Waals surface area contributed by atoms with Gasteiger partial charge in [-0.1, -0.05) is 109 Å². The molecule has 0 radical (unpaired) electrons. The minimum atomic E-state index is -0.688. The fraction of sp³-hybridized carbons (Fsp3) is 0.111. The molecular weight excluding hydrogens is 490 g/mol. The van der Waals surface area contributed by atoms with Gasteiger partial charge in [0.05, 0.1) is 5.52 Å². The van der Waals surface area contributed by atoms with E-state index in [1.165, 1.54) is 5.56 Å². The number of fused-ring (bicyclic) bond motifs is 3. The van der Waals surface area contributed by atoms with Gasteiger partial charge in [-0.15, -0.1) is 0 Å². The van der Waals surface area contributed by atoms with Crippen molar-refractivity contribution in [3.05, 3.63) is 167 Å². The molecular formula is C36H29N3O. The van der Waals surface area contributed by atoms with Gasteiger partial charge in [0, 0.05) is 29.0 Å². The second-order valence-electron chi connectivity index (χ2n) is 10.4. The summed E-state index contributed by atoms with van der Waals surface area (Å²) < 4.78 is 4.13. The Morgan fingerprint density at radius 1 is 0.725 bits per heavy atom. The first-order valence-corrected chi connectivity index (χ1v) is 13.7. The molecule has 4 heteroatoms. The van der Waals surface area contributed by atoms with Crippen LogP contribution in [-0.4, -0.2) is 20.0 Å². The summed E-state index contributed by atoms with van der Waals surface area (Å²) in [6, 6.07) is 39.8. The minimum absolute atomic E-state index is 0.0323. The molecule has 4 aromatic carbocycles. The largest absolute Gasteiger partial charge is 0.313 e. The number of aromatic nitrogens is 3. The van der Waals surface area contributed by atoms with E-state index in [2.05, 4.69) is 90.4 Å². The van der Waals surface area contributed by atoms with Crippen molar-refractivity contribution in [3.63, 3.8) is 0 Å². The van der Waals surface area contributed by atoms with E-state index < -0.39 is 5.54 Å². The van der Waals surface area contributed by atoms with Crippen molar-refractivity contribution in [2.75, 3.05) is 0 Å². The van der Waals surface area contributed by atoms with Gasteiger partial charge >= 0.3 is 0 Å². The SMILES string of the molecule is Cc1c2n(c3ccccc13)C(=O)C(=Cc1nccn1C(c1ccccc1)(c1ccccc1)c1ccccc1)CC2. The Hall–Kier alpha value is -4.96. The molecule has 0 bridgehead atoms. The molecule has 0 atom stereocenters. The van der Waals surface area contributed by atoms with Gasteiger partial charge < -0.3 is 4.57 Å². The Bertz CT molecular complexity index is 1760. The molecule has 0 spiro atoms. The first kappa shape index (κ1) is 24.1. The van der Waals surface area contributed by atoms with E-state index in [1.807, 2.05) is 59.4 Å². The Morgan fingerprint density at radius 3 is 1.88 bits per heavy atom. The zero-order valence-electron chi connectivity index (χ0n) is 22.4. The molecule has 40 heavy (non-hydrogen) atoms. The maximum absolute atomic E-state index is 14.0. The van der Waals surface area contributed by atoms with Crippen LogP contribution in [0.4, 0.5) is 0 Å².